The fourth-order valence-corrected chi connectivity index (χ4v) is 4.24. The molecule has 0 spiro atoms. The van der Waals surface area contributed by atoms with Crippen LogP contribution in [0.15, 0.2) is 29.6 Å². The summed E-state index contributed by atoms with van der Waals surface area (Å²) in [6.07, 6.45) is 4.59. The van der Waals surface area contributed by atoms with Crippen molar-refractivity contribution in [1.29, 1.82) is 0 Å². The van der Waals surface area contributed by atoms with E-state index in [-0.39, 0.29) is 29.1 Å². The van der Waals surface area contributed by atoms with Crippen LogP contribution in [-0.2, 0) is 4.79 Å². The van der Waals surface area contributed by atoms with Gasteiger partial charge in [0.15, 0.2) is 5.69 Å². The van der Waals surface area contributed by atoms with Crippen molar-refractivity contribution >= 4 is 23.3 Å². The predicted octanol–water partition coefficient (Wildman–Crippen LogP) is 3.98. The summed E-state index contributed by atoms with van der Waals surface area (Å²) in [7, 11) is 1.59. The molecule has 1 atom stereocenters. The summed E-state index contributed by atoms with van der Waals surface area (Å²) in [6, 6.07) is 6.59. The maximum atomic E-state index is 13.6. The highest BCUT2D eigenvalue weighted by molar-refractivity contribution is 7.03. The first-order valence-corrected chi connectivity index (χ1v) is 11.3. The molecule has 1 aromatic heterocycles. The van der Waals surface area contributed by atoms with Crippen molar-refractivity contribution in [3.05, 3.63) is 40.9 Å². The molecule has 0 aliphatic heterocycles. The second-order valence-corrected chi connectivity index (χ2v) is 8.96. The molecule has 0 bridgehead atoms. The number of hydrogen-bond donors (Lipinski definition) is 1. The molecule has 1 saturated carbocycles. The number of nitrogens with zero attached hydrogens (tertiary/aromatic N) is 3. The summed E-state index contributed by atoms with van der Waals surface area (Å²) in [4.78, 5) is 28.9. The molecule has 1 heterocycles. The van der Waals surface area contributed by atoms with E-state index < -0.39 is 6.04 Å². The van der Waals surface area contributed by atoms with E-state index in [2.05, 4.69) is 14.9 Å². The van der Waals surface area contributed by atoms with Crippen molar-refractivity contribution in [2.24, 2.45) is 0 Å². The number of methoxy groups -OCH3 is 1. The van der Waals surface area contributed by atoms with Crippen LogP contribution in [0.25, 0.3) is 0 Å². The van der Waals surface area contributed by atoms with Crippen molar-refractivity contribution in [3.63, 3.8) is 0 Å². The number of rotatable bonds is 8. The molecular weight excluding hydrogens is 400 g/mol. The van der Waals surface area contributed by atoms with Crippen LogP contribution in [0.2, 0.25) is 0 Å². The van der Waals surface area contributed by atoms with Gasteiger partial charge in [0.25, 0.3) is 5.91 Å². The maximum absolute atomic E-state index is 13.6. The Hall–Kier alpha value is -2.48. The summed E-state index contributed by atoms with van der Waals surface area (Å²) in [6.45, 7) is 6.00. The molecule has 1 N–H and O–H groups in total. The van der Waals surface area contributed by atoms with E-state index in [1.54, 1.807) is 17.4 Å². The number of nitrogens with one attached hydrogen (secondary N) is 1. The molecule has 8 heteroatoms. The van der Waals surface area contributed by atoms with Gasteiger partial charge in [-0.2, -0.15) is 0 Å². The monoisotopic (exact) mass is 430 g/mol. The van der Waals surface area contributed by atoms with Crippen LogP contribution in [0.3, 0.4) is 0 Å². The number of carbonyl (C=O) groups is 2. The predicted molar refractivity (Wildman–Crippen MR) is 117 cm³/mol. The Labute approximate surface area is 182 Å². The normalized spacial score (nSPS) is 15.6. The highest BCUT2D eigenvalue weighted by Gasteiger charge is 2.40. The molecule has 162 valence electrons. The molecule has 30 heavy (non-hydrogen) atoms. The van der Waals surface area contributed by atoms with Gasteiger partial charge in [0.05, 0.1) is 7.11 Å². The van der Waals surface area contributed by atoms with Crippen molar-refractivity contribution in [3.8, 4) is 5.75 Å². The molecule has 3 rings (SSSR count). The minimum atomic E-state index is -0.775. The lowest BCUT2D eigenvalue weighted by atomic mass is 9.97. The lowest BCUT2D eigenvalue weighted by Crippen LogP contribution is -2.52. The van der Waals surface area contributed by atoms with Crippen LogP contribution in [-0.4, -0.2) is 45.0 Å². The van der Waals surface area contributed by atoms with Gasteiger partial charge in [0, 0.05) is 17.0 Å². The molecule has 0 radical (unpaired) electrons. The minimum absolute atomic E-state index is 0.0223. The molecule has 0 saturated heterocycles. The highest BCUT2D eigenvalue weighted by atomic mass is 32.1. The van der Waals surface area contributed by atoms with Gasteiger partial charge in [0.1, 0.15) is 11.8 Å². The van der Waals surface area contributed by atoms with Crippen molar-refractivity contribution in [1.82, 2.24) is 19.8 Å². The third-order valence-corrected chi connectivity index (χ3v) is 6.32. The third kappa shape index (κ3) is 4.98. The molecule has 1 aliphatic rings. The number of aromatic nitrogens is 2. The third-order valence-electron chi connectivity index (χ3n) is 5.81. The molecule has 2 amide bonds. The second kappa shape index (κ2) is 9.55. The smallest absolute Gasteiger partial charge is 0.276 e. The zero-order valence-electron chi connectivity index (χ0n) is 18.1. The summed E-state index contributed by atoms with van der Waals surface area (Å²) in [5.41, 5.74) is 0.616. The van der Waals surface area contributed by atoms with Crippen LogP contribution < -0.4 is 10.1 Å². The quantitative estimate of drug-likeness (QED) is 0.685. The number of amides is 2. The number of hydrogen-bond acceptors (Lipinski definition) is 6. The summed E-state index contributed by atoms with van der Waals surface area (Å²) in [5, 5.41) is 8.77. The van der Waals surface area contributed by atoms with E-state index in [0.717, 1.165) is 49.2 Å². The Morgan fingerprint density at radius 3 is 2.67 bits per heavy atom. The maximum Gasteiger partial charge on any atom is 0.276 e. The van der Waals surface area contributed by atoms with Crippen LogP contribution >= 0.6 is 11.5 Å². The van der Waals surface area contributed by atoms with E-state index in [1.807, 2.05) is 45.0 Å². The molecule has 2 aromatic rings. The largest absolute Gasteiger partial charge is 0.497 e. The topological polar surface area (TPSA) is 84.4 Å². The Morgan fingerprint density at radius 2 is 2.07 bits per heavy atom. The Balaban J connectivity index is 2.08. The van der Waals surface area contributed by atoms with Crippen molar-refractivity contribution < 1.29 is 14.3 Å². The number of ether oxygens (including phenoxy) is 1. The van der Waals surface area contributed by atoms with Gasteiger partial charge >= 0.3 is 0 Å². The molecule has 1 fully saturated rings. The van der Waals surface area contributed by atoms with Gasteiger partial charge in [0.2, 0.25) is 5.91 Å². The zero-order chi connectivity index (χ0) is 21.7. The Kier molecular flexibility index (Phi) is 7.07. The van der Waals surface area contributed by atoms with E-state index in [1.165, 1.54) is 0 Å². The molecule has 7 nitrogen and oxygen atoms in total. The van der Waals surface area contributed by atoms with E-state index in [4.69, 9.17) is 4.74 Å². The average Bonchev–Trinajstić information content (AvgIpc) is 3.45. The van der Waals surface area contributed by atoms with Crippen LogP contribution in [0.5, 0.6) is 5.75 Å². The first-order chi connectivity index (χ1) is 14.4. The fourth-order valence-electron chi connectivity index (χ4n) is 3.81. The van der Waals surface area contributed by atoms with Gasteiger partial charge in [-0.1, -0.05) is 36.4 Å². The molecular formula is C22H30N4O3S. The van der Waals surface area contributed by atoms with Gasteiger partial charge < -0.3 is 15.0 Å². The minimum Gasteiger partial charge on any atom is -0.497 e. The SMILES string of the molecule is CCC(C)(C)NC(=O)C(c1cccc(OC)c1)N(C(=O)c1csnn1)C1CCCC1. The number of benzene rings is 1. The molecule has 1 aliphatic carbocycles. The fraction of sp³-hybridized carbons (Fsp3) is 0.545. The van der Waals surface area contributed by atoms with Crippen molar-refractivity contribution in [2.45, 2.75) is 70.5 Å². The lowest BCUT2D eigenvalue weighted by molar-refractivity contribution is -0.128. The van der Waals surface area contributed by atoms with E-state index in [9.17, 15) is 9.59 Å². The summed E-state index contributed by atoms with van der Waals surface area (Å²) < 4.78 is 9.24. The second-order valence-electron chi connectivity index (χ2n) is 8.35. The summed E-state index contributed by atoms with van der Waals surface area (Å²) >= 11 is 1.13. The molecule has 1 unspecified atom stereocenters. The van der Waals surface area contributed by atoms with Crippen LogP contribution in [0.4, 0.5) is 0 Å². The van der Waals surface area contributed by atoms with Gasteiger partial charge in [-0.05, 0) is 62.3 Å². The number of carbonyl (C=O) groups excluding carboxylic acids is 2. The van der Waals surface area contributed by atoms with Crippen LogP contribution in [0, 0.1) is 0 Å². The Bertz CT molecular complexity index is 863. The highest BCUT2D eigenvalue weighted by Crippen LogP contribution is 2.34. The summed E-state index contributed by atoms with van der Waals surface area (Å²) in [5.74, 6) is 0.195. The van der Waals surface area contributed by atoms with E-state index in [0.29, 0.717) is 5.75 Å². The average molecular weight is 431 g/mol. The van der Waals surface area contributed by atoms with Gasteiger partial charge in [-0.25, -0.2) is 0 Å². The standard InChI is InChI=1S/C22H30N4O3S/c1-5-22(2,3)23-20(27)19(15-9-8-12-17(13-15)29-4)26(16-10-6-7-11-16)21(28)18-14-30-25-24-18/h8-9,12-14,16,19H,5-7,10-11H2,1-4H3,(H,23,27). The van der Waals surface area contributed by atoms with Crippen molar-refractivity contribution in [2.75, 3.05) is 7.11 Å². The molecule has 1 aromatic carbocycles. The van der Waals surface area contributed by atoms with E-state index >= 15 is 0 Å². The van der Waals surface area contributed by atoms with Gasteiger partial charge in [-0.15, -0.1) is 5.10 Å². The Morgan fingerprint density at radius 1 is 1.33 bits per heavy atom. The first-order valence-electron chi connectivity index (χ1n) is 10.4. The lowest BCUT2D eigenvalue weighted by Gasteiger charge is -2.37. The van der Waals surface area contributed by atoms with Crippen LogP contribution in [0.1, 0.15) is 75.0 Å². The zero-order valence-corrected chi connectivity index (χ0v) is 18.9. The van der Waals surface area contributed by atoms with Gasteiger partial charge in [-0.3, -0.25) is 9.59 Å². The first kappa shape index (κ1) is 22.2.